The Morgan fingerprint density at radius 1 is 1.06 bits per heavy atom. The molecule has 0 unspecified atom stereocenters. The first-order valence-corrected chi connectivity index (χ1v) is 7.34. The third kappa shape index (κ3) is 3.69. The van der Waals surface area contributed by atoms with Crippen LogP contribution in [0.4, 0.5) is 0 Å². The van der Waals surface area contributed by atoms with Crippen molar-refractivity contribution in [2.24, 2.45) is 5.73 Å². The monoisotopic (exact) mass is 253 g/mol. The maximum Gasteiger partial charge on any atom is 0.224 e. The molecule has 1 heterocycles. The molecule has 0 radical (unpaired) electrons. The Morgan fingerprint density at radius 3 is 2.50 bits per heavy atom. The Balaban J connectivity index is 1.86. The summed E-state index contributed by atoms with van der Waals surface area (Å²) in [6.07, 6.45) is 7.33. The van der Waals surface area contributed by atoms with Gasteiger partial charge in [-0.1, -0.05) is 19.3 Å². The van der Waals surface area contributed by atoms with E-state index in [2.05, 4.69) is 11.9 Å². The topological polar surface area (TPSA) is 49.6 Å². The van der Waals surface area contributed by atoms with Gasteiger partial charge < -0.3 is 15.5 Å². The molecule has 2 fully saturated rings. The summed E-state index contributed by atoms with van der Waals surface area (Å²) in [4.78, 5) is 16.7. The third-order valence-electron chi connectivity index (χ3n) is 4.42. The number of nitrogens with zero attached hydrogens (tertiary/aromatic N) is 2. The van der Waals surface area contributed by atoms with Gasteiger partial charge in [0, 0.05) is 31.6 Å². The SMILES string of the molecule is CN1CCCN(C(=O)CC2(N)CCCCC2)CC1. The van der Waals surface area contributed by atoms with Gasteiger partial charge in [-0.25, -0.2) is 0 Å². The van der Waals surface area contributed by atoms with Gasteiger partial charge in [0.1, 0.15) is 0 Å². The zero-order valence-corrected chi connectivity index (χ0v) is 11.7. The van der Waals surface area contributed by atoms with Crippen LogP contribution in [-0.2, 0) is 4.79 Å². The zero-order chi connectivity index (χ0) is 13.0. The molecule has 0 aromatic heterocycles. The quantitative estimate of drug-likeness (QED) is 0.804. The minimum Gasteiger partial charge on any atom is -0.341 e. The Morgan fingerprint density at radius 2 is 1.78 bits per heavy atom. The fraction of sp³-hybridized carbons (Fsp3) is 0.929. The van der Waals surface area contributed by atoms with E-state index in [9.17, 15) is 4.79 Å². The maximum absolute atomic E-state index is 12.4. The van der Waals surface area contributed by atoms with Crippen molar-refractivity contribution in [1.29, 1.82) is 0 Å². The summed E-state index contributed by atoms with van der Waals surface area (Å²) >= 11 is 0. The van der Waals surface area contributed by atoms with Crippen LogP contribution in [0.15, 0.2) is 0 Å². The molecule has 0 atom stereocenters. The zero-order valence-electron chi connectivity index (χ0n) is 11.7. The van der Waals surface area contributed by atoms with Crippen LogP contribution in [0.25, 0.3) is 0 Å². The highest BCUT2D eigenvalue weighted by Gasteiger charge is 2.32. The number of rotatable bonds is 2. The minimum atomic E-state index is -0.215. The summed E-state index contributed by atoms with van der Waals surface area (Å²) in [6, 6.07) is 0. The fourth-order valence-corrected chi connectivity index (χ4v) is 3.14. The number of amides is 1. The molecule has 2 N–H and O–H groups in total. The van der Waals surface area contributed by atoms with E-state index in [-0.39, 0.29) is 11.4 Å². The number of carbonyl (C=O) groups excluding carboxylic acids is 1. The number of hydrogen-bond acceptors (Lipinski definition) is 3. The van der Waals surface area contributed by atoms with Crippen LogP contribution < -0.4 is 5.73 Å². The van der Waals surface area contributed by atoms with Crippen molar-refractivity contribution in [3.8, 4) is 0 Å². The van der Waals surface area contributed by atoms with Crippen molar-refractivity contribution in [3.63, 3.8) is 0 Å². The van der Waals surface area contributed by atoms with Crippen molar-refractivity contribution in [1.82, 2.24) is 9.80 Å². The molecule has 1 aliphatic heterocycles. The Labute approximate surface area is 110 Å². The lowest BCUT2D eigenvalue weighted by Gasteiger charge is -2.34. The second-order valence-electron chi connectivity index (χ2n) is 6.14. The van der Waals surface area contributed by atoms with Crippen LogP contribution in [0, 0.1) is 0 Å². The molecular weight excluding hydrogens is 226 g/mol. The second kappa shape index (κ2) is 6.02. The molecule has 1 saturated heterocycles. The number of nitrogens with two attached hydrogens (primary N) is 1. The predicted molar refractivity (Wildman–Crippen MR) is 73.3 cm³/mol. The number of likely N-dealkylation sites (N-methyl/N-ethyl adjacent to an activating group) is 1. The third-order valence-corrected chi connectivity index (χ3v) is 4.42. The summed E-state index contributed by atoms with van der Waals surface area (Å²) in [7, 11) is 2.12. The normalized spacial score (nSPS) is 25.8. The molecule has 18 heavy (non-hydrogen) atoms. The van der Waals surface area contributed by atoms with Gasteiger partial charge in [-0.3, -0.25) is 4.79 Å². The van der Waals surface area contributed by atoms with Crippen LogP contribution in [-0.4, -0.2) is 54.5 Å². The van der Waals surface area contributed by atoms with E-state index in [1.807, 2.05) is 4.90 Å². The van der Waals surface area contributed by atoms with Crippen molar-refractivity contribution >= 4 is 5.91 Å². The van der Waals surface area contributed by atoms with Crippen LogP contribution in [0.1, 0.15) is 44.9 Å². The molecule has 1 aliphatic carbocycles. The van der Waals surface area contributed by atoms with Gasteiger partial charge in [-0.2, -0.15) is 0 Å². The molecule has 0 spiro atoms. The molecule has 4 heteroatoms. The van der Waals surface area contributed by atoms with E-state index < -0.39 is 0 Å². The van der Waals surface area contributed by atoms with E-state index in [4.69, 9.17) is 5.73 Å². The number of carbonyl (C=O) groups is 1. The molecular formula is C14H27N3O. The van der Waals surface area contributed by atoms with Crippen molar-refractivity contribution < 1.29 is 4.79 Å². The molecule has 0 aromatic rings. The predicted octanol–water partition coefficient (Wildman–Crippen LogP) is 1.20. The average Bonchev–Trinajstić information content (AvgIpc) is 2.54. The largest absolute Gasteiger partial charge is 0.341 e. The number of hydrogen-bond donors (Lipinski definition) is 1. The molecule has 0 bridgehead atoms. The highest BCUT2D eigenvalue weighted by molar-refractivity contribution is 5.77. The second-order valence-corrected chi connectivity index (χ2v) is 6.14. The van der Waals surface area contributed by atoms with E-state index in [1.165, 1.54) is 19.3 Å². The van der Waals surface area contributed by atoms with E-state index in [0.29, 0.717) is 6.42 Å². The molecule has 2 aliphatic rings. The van der Waals surface area contributed by atoms with Crippen molar-refractivity contribution in [3.05, 3.63) is 0 Å². The molecule has 0 aromatic carbocycles. The molecule has 2 rings (SSSR count). The lowest BCUT2D eigenvalue weighted by Crippen LogP contribution is -2.47. The maximum atomic E-state index is 12.4. The Hall–Kier alpha value is -0.610. The Kier molecular flexibility index (Phi) is 4.62. The minimum absolute atomic E-state index is 0.215. The smallest absolute Gasteiger partial charge is 0.224 e. The van der Waals surface area contributed by atoms with E-state index in [0.717, 1.165) is 45.4 Å². The summed E-state index contributed by atoms with van der Waals surface area (Å²) in [6.45, 7) is 3.85. The van der Waals surface area contributed by atoms with Gasteiger partial charge in [0.15, 0.2) is 0 Å². The van der Waals surface area contributed by atoms with E-state index in [1.54, 1.807) is 0 Å². The lowest BCUT2D eigenvalue weighted by atomic mass is 9.80. The van der Waals surface area contributed by atoms with Gasteiger partial charge >= 0.3 is 0 Å². The first-order chi connectivity index (χ1) is 8.59. The molecule has 104 valence electrons. The van der Waals surface area contributed by atoms with Crippen LogP contribution in [0.2, 0.25) is 0 Å². The fourth-order valence-electron chi connectivity index (χ4n) is 3.14. The molecule has 4 nitrogen and oxygen atoms in total. The van der Waals surface area contributed by atoms with Gasteiger partial charge in [-0.05, 0) is 32.9 Å². The standard InChI is InChI=1S/C14H27N3O/c1-16-8-5-9-17(11-10-16)13(18)12-14(15)6-3-2-4-7-14/h2-12,15H2,1H3. The van der Waals surface area contributed by atoms with Gasteiger partial charge in [0.2, 0.25) is 5.91 Å². The van der Waals surface area contributed by atoms with Crippen LogP contribution in [0.5, 0.6) is 0 Å². The Bertz CT molecular complexity index is 287. The van der Waals surface area contributed by atoms with Crippen molar-refractivity contribution in [2.45, 2.75) is 50.5 Å². The van der Waals surface area contributed by atoms with Gasteiger partial charge in [0.05, 0.1) is 0 Å². The highest BCUT2D eigenvalue weighted by Crippen LogP contribution is 2.29. The first kappa shape index (κ1) is 13.8. The van der Waals surface area contributed by atoms with Gasteiger partial charge in [0.25, 0.3) is 0 Å². The average molecular weight is 253 g/mol. The molecule has 1 saturated carbocycles. The first-order valence-electron chi connectivity index (χ1n) is 7.34. The van der Waals surface area contributed by atoms with E-state index >= 15 is 0 Å². The summed E-state index contributed by atoms with van der Waals surface area (Å²) in [5.74, 6) is 0.273. The summed E-state index contributed by atoms with van der Waals surface area (Å²) in [5.41, 5.74) is 6.16. The van der Waals surface area contributed by atoms with Gasteiger partial charge in [-0.15, -0.1) is 0 Å². The van der Waals surface area contributed by atoms with Crippen LogP contribution in [0.3, 0.4) is 0 Å². The van der Waals surface area contributed by atoms with Crippen LogP contribution >= 0.6 is 0 Å². The molecule has 1 amide bonds. The summed E-state index contributed by atoms with van der Waals surface area (Å²) < 4.78 is 0. The summed E-state index contributed by atoms with van der Waals surface area (Å²) in [5, 5.41) is 0. The van der Waals surface area contributed by atoms with Crippen molar-refractivity contribution in [2.75, 3.05) is 33.2 Å². The highest BCUT2D eigenvalue weighted by atomic mass is 16.2. The lowest BCUT2D eigenvalue weighted by molar-refractivity contribution is -0.132.